The van der Waals surface area contributed by atoms with Crippen molar-refractivity contribution in [3.8, 4) is 0 Å². The Morgan fingerprint density at radius 2 is 1.85 bits per heavy atom. The Bertz CT molecular complexity index is 222. The summed E-state index contributed by atoms with van der Waals surface area (Å²) in [6.07, 6.45) is 7.58. The van der Waals surface area contributed by atoms with Gasteiger partial charge in [0, 0.05) is 0 Å². The minimum atomic E-state index is -3.80. The van der Waals surface area contributed by atoms with Gasteiger partial charge in [-0.25, -0.2) is 0 Å². The van der Waals surface area contributed by atoms with Crippen LogP contribution in [0.4, 0.5) is 0 Å². The molecule has 0 rings (SSSR count). The molecule has 1 N–H and O–H groups in total. The van der Waals surface area contributed by atoms with Crippen LogP contribution in [0.25, 0.3) is 0 Å². The summed E-state index contributed by atoms with van der Waals surface area (Å²) in [7, 11) is -3.80. The number of hydrogen-bond donors (Lipinski definition) is 1. The van der Waals surface area contributed by atoms with E-state index in [0.717, 1.165) is 25.7 Å². The second kappa shape index (κ2) is 9.21. The Balaban J connectivity index is 0. The van der Waals surface area contributed by atoms with Gasteiger partial charge >= 0.3 is 29.6 Å². The molecule has 0 fully saturated rings. The van der Waals surface area contributed by atoms with Gasteiger partial charge in [0.05, 0.1) is 5.75 Å². The van der Waals surface area contributed by atoms with E-state index in [1.807, 2.05) is 0 Å². The number of hydrogen-bond acceptors (Lipinski definition) is 2. The van der Waals surface area contributed by atoms with Gasteiger partial charge in [-0.1, -0.05) is 31.9 Å². The van der Waals surface area contributed by atoms with Crippen molar-refractivity contribution in [3.05, 3.63) is 12.2 Å². The van der Waals surface area contributed by atoms with Crippen LogP contribution in [0.3, 0.4) is 0 Å². The molecule has 0 bridgehead atoms. The van der Waals surface area contributed by atoms with E-state index in [4.69, 9.17) is 4.55 Å². The molecule has 0 aliphatic carbocycles. The van der Waals surface area contributed by atoms with Gasteiger partial charge in [-0.05, 0) is 12.8 Å². The molecule has 0 aliphatic rings. The van der Waals surface area contributed by atoms with Crippen molar-refractivity contribution in [2.75, 3.05) is 5.75 Å². The Labute approximate surface area is 103 Å². The fraction of sp³-hybridized carbons (Fsp3) is 0.750. The van der Waals surface area contributed by atoms with Crippen LogP contribution in [0, 0.1) is 0 Å². The SMILES string of the molecule is CCCCCC=CCS(=O)(=O)O.[NaH]. The maximum atomic E-state index is 10.2. The summed E-state index contributed by atoms with van der Waals surface area (Å²) < 4.78 is 28.8. The second-order valence-corrected chi connectivity index (χ2v) is 4.21. The Kier molecular flexibility index (Phi) is 11.4. The molecule has 0 spiro atoms. The molecule has 5 heteroatoms. The summed E-state index contributed by atoms with van der Waals surface area (Å²) in [5.41, 5.74) is 0. The molecule has 0 atom stereocenters. The topological polar surface area (TPSA) is 54.4 Å². The predicted molar refractivity (Wildman–Crippen MR) is 56.8 cm³/mol. The molecule has 0 aliphatic heterocycles. The zero-order valence-corrected chi connectivity index (χ0v) is 8.18. The zero-order valence-electron chi connectivity index (χ0n) is 7.36. The van der Waals surface area contributed by atoms with Gasteiger partial charge in [-0.15, -0.1) is 0 Å². The Morgan fingerprint density at radius 3 is 2.31 bits per heavy atom. The first-order valence-corrected chi connectivity index (χ1v) is 5.77. The van der Waals surface area contributed by atoms with Gasteiger partial charge in [-0.2, -0.15) is 8.42 Å². The van der Waals surface area contributed by atoms with Crippen molar-refractivity contribution in [3.63, 3.8) is 0 Å². The van der Waals surface area contributed by atoms with Gasteiger partial charge in [0.2, 0.25) is 0 Å². The molecule has 0 aromatic heterocycles. The van der Waals surface area contributed by atoms with Crippen LogP contribution in [-0.4, -0.2) is 48.3 Å². The summed E-state index contributed by atoms with van der Waals surface area (Å²) in [5.74, 6) is -0.265. The van der Waals surface area contributed by atoms with E-state index in [-0.39, 0.29) is 35.3 Å². The maximum absolute atomic E-state index is 10.2. The van der Waals surface area contributed by atoms with Gasteiger partial charge in [-0.3, -0.25) is 4.55 Å². The van der Waals surface area contributed by atoms with Crippen molar-refractivity contribution in [1.29, 1.82) is 0 Å². The third kappa shape index (κ3) is 15.4. The predicted octanol–water partition coefficient (Wildman–Crippen LogP) is 1.36. The number of allylic oxidation sites excluding steroid dienone is 1. The van der Waals surface area contributed by atoms with Gasteiger partial charge in [0.25, 0.3) is 10.1 Å². The van der Waals surface area contributed by atoms with Crippen LogP contribution in [-0.2, 0) is 10.1 Å². The van der Waals surface area contributed by atoms with E-state index in [2.05, 4.69) is 6.92 Å². The molecule has 0 heterocycles. The van der Waals surface area contributed by atoms with E-state index in [0.29, 0.717) is 0 Å². The van der Waals surface area contributed by atoms with Crippen LogP contribution in [0.5, 0.6) is 0 Å². The average molecular weight is 216 g/mol. The van der Waals surface area contributed by atoms with Crippen molar-refractivity contribution < 1.29 is 13.0 Å². The van der Waals surface area contributed by atoms with Crippen LogP contribution >= 0.6 is 0 Å². The van der Waals surface area contributed by atoms with Crippen molar-refractivity contribution in [1.82, 2.24) is 0 Å². The summed E-state index contributed by atoms with van der Waals surface area (Å²) in [6, 6.07) is 0. The number of unbranched alkanes of at least 4 members (excludes halogenated alkanes) is 3. The van der Waals surface area contributed by atoms with Crippen molar-refractivity contribution >= 4 is 39.7 Å². The molecule has 3 nitrogen and oxygen atoms in total. The molecule has 0 saturated heterocycles. The molecule has 0 radical (unpaired) electrons. The zero-order chi connectivity index (χ0) is 9.45. The first-order chi connectivity index (χ1) is 5.56. The molecule has 0 amide bonds. The first-order valence-electron chi connectivity index (χ1n) is 4.16. The molecule has 74 valence electrons. The fourth-order valence-electron chi connectivity index (χ4n) is 0.820. The summed E-state index contributed by atoms with van der Waals surface area (Å²) in [6.45, 7) is 2.11. The fourth-order valence-corrected chi connectivity index (χ4v) is 1.20. The normalized spacial score (nSPS) is 11.5. The van der Waals surface area contributed by atoms with E-state index in [9.17, 15) is 8.42 Å². The molecule has 0 unspecified atom stereocenters. The first kappa shape index (κ1) is 16.1. The van der Waals surface area contributed by atoms with Crippen LogP contribution in [0.2, 0.25) is 0 Å². The summed E-state index contributed by atoms with van der Waals surface area (Å²) in [5, 5.41) is 0. The molecular formula is C8H17NaO3S. The average Bonchev–Trinajstić information content (AvgIpc) is 1.94. The third-order valence-electron chi connectivity index (χ3n) is 1.45. The Morgan fingerprint density at radius 1 is 1.23 bits per heavy atom. The van der Waals surface area contributed by atoms with Crippen LogP contribution < -0.4 is 0 Å². The van der Waals surface area contributed by atoms with E-state index in [1.54, 1.807) is 6.08 Å². The van der Waals surface area contributed by atoms with Crippen molar-refractivity contribution in [2.45, 2.75) is 32.6 Å². The Hall–Kier alpha value is 0.650. The monoisotopic (exact) mass is 216 g/mol. The number of rotatable bonds is 6. The van der Waals surface area contributed by atoms with Crippen LogP contribution in [0.1, 0.15) is 32.6 Å². The molecule has 0 aromatic carbocycles. The third-order valence-corrected chi connectivity index (χ3v) is 2.06. The van der Waals surface area contributed by atoms with Gasteiger partial charge in [0.1, 0.15) is 0 Å². The van der Waals surface area contributed by atoms with Crippen molar-refractivity contribution in [2.24, 2.45) is 0 Å². The van der Waals surface area contributed by atoms with E-state index < -0.39 is 10.1 Å². The van der Waals surface area contributed by atoms with Gasteiger partial charge < -0.3 is 0 Å². The second-order valence-electron chi connectivity index (χ2n) is 2.72. The van der Waals surface area contributed by atoms with Crippen LogP contribution in [0.15, 0.2) is 12.2 Å². The minimum absolute atomic E-state index is 0. The van der Waals surface area contributed by atoms with Gasteiger partial charge in [0.15, 0.2) is 0 Å². The molecule has 0 aromatic rings. The molecule has 0 saturated carbocycles. The van der Waals surface area contributed by atoms with E-state index >= 15 is 0 Å². The quantitative estimate of drug-likeness (QED) is 0.316. The molecule has 13 heavy (non-hydrogen) atoms. The standard InChI is InChI=1S/C8H16O3S.Na.H/c1-2-3-4-5-6-7-8-12(9,10)11;;/h6-7H,2-5,8H2,1H3,(H,9,10,11);;. The summed E-state index contributed by atoms with van der Waals surface area (Å²) >= 11 is 0. The van der Waals surface area contributed by atoms with E-state index in [1.165, 1.54) is 6.08 Å². The molecular weight excluding hydrogens is 199 g/mol. The summed E-state index contributed by atoms with van der Waals surface area (Å²) in [4.78, 5) is 0.